The average molecular weight is 351 g/mol. The number of benzene rings is 1. The average Bonchev–Trinajstić information content (AvgIpc) is 2.71. The summed E-state index contributed by atoms with van der Waals surface area (Å²) < 4.78 is 126. The van der Waals surface area contributed by atoms with E-state index in [4.69, 9.17) is 0 Å². The van der Waals surface area contributed by atoms with Crippen molar-refractivity contribution in [1.29, 1.82) is 0 Å². The highest BCUT2D eigenvalue weighted by atomic mass is 19.4. The van der Waals surface area contributed by atoms with Gasteiger partial charge in [-0.15, -0.1) is 0 Å². The third-order valence-corrected chi connectivity index (χ3v) is 2.92. The van der Waals surface area contributed by atoms with Gasteiger partial charge in [0.2, 0.25) is 0 Å². The van der Waals surface area contributed by atoms with Crippen LogP contribution in [0.4, 0.5) is 43.6 Å². The fourth-order valence-corrected chi connectivity index (χ4v) is 2.11. The maximum atomic E-state index is 12.9. The van der Waals surface area contributed by atoms with Crippen LogP contribution >= 0.6 is 0 Å². The minimum Gasteiger partial charge on any atom is -0.240 e. The highest BCUT2D eigenvalue weighted by molar-refractivity contribution is 6.43. The number of rotatable bonds is 2. The summed E-state index contributed by atoms with van der Waals surface area (Å²) in [4.78, 5) is 0. The maximum Gasteiger partial charge on any atom is 0.809 e. The Morgan fingerprint density at radius 1 is 0.870 bits per heavy atom. The zero-order valence-electron chi connectivity index (χ0n) is 10.6. The molecular weight excluding hydrogens is 348 g/mol. The lowest BCUT2D eigenvalue weighted by Gasteiger charge is -2.05. The molecule has 23 heavy (non-hydrogen) atoms. The summed E-state index contributed by atoms with van der Waals surface area (Å²) in [6.07, 6.45) is -10.7. The lowest BCUT2D eigenvalue weighted by atomic mass is 10.1. The molecule has 0 N–H and O–H groups in total. The molecule has 1 aromatic heterocycles. The van der Waals surface area contributed by atoms with Gasteiger partial charge in [-0.3, -0.25) is 0 Å². The minimum atomic E-state index is -5.63. The quantitative estimate of drug-likeness (QED) is 0.579. The van der Waals surface area contributed by atoms with Crippen molar-refractivity contribution in [2.45, 2.75) is 12.4 Å². The van der Waals surface area contributed by atoms with Gasteiger partial charge in [-0.2, -0.15) is 26.3 Å². The number of nitrogens with zero attached hydrogens (tertiary/aromatic N) is 2. The zero-order valence-corrected chi connectivity index (χ0v) is 10.6. The molecule has 124 valence electrons. The first-order valence-electron chi connectivity index (χ1n) is 5.66. The van der Waals surface area contributed by atoms with E-state index in [1.54, 1.807) is 0 Å². The van der Waals surface area contributed by atoms with Gasteiger partial charge in [-0.25, -0.2) is 26.2 Å². The van der Waals surface area contributed by atoms with E-state index in [9.17, 15) is 43.6 Å². The molecule has 0 saturated heterocycles. The SMILES string of the molecule is FB(F)n1c(C(F)(F)F)[n+](B(F)F)c2ccc(C(F)(F)F)cc21. The van der Waals surface area contributed by atoms with Crippen LogP contribution in [-0.4, -0.2) is 19.3 Å². The fraction of sp³-hybridized carbons (Fsp3) is 0.222. The number of fused-ring (bicyclic) bond motifs is 1. The summed E-state index contributed by atoms with van der Waals surface area (Å²) in [5.74, 6) is -2.45. The monoisotopic (exact) mass is 351 g/mol. The van der Waals surface area contributed by atoms with E-state index in [-0.39, 0.29) is 12.1 Å². The molecule has 1 heterocycles. The van der Waals surface area contributed by atoms with Gasteiger partial charge in [0, 0.05) is 0 Å². The van der Waals surface area contributed by atoms with Crippen LogP contribution in [0, 0.1) is 0 Å². The predicted molar refractivity (Wildman–Crippen MR) is 58.9 cm³/mol. The Balaban J connectivity index is 2.97. The number of hydrogen-bond donors (Lipinski definition) is 0. The molecular formula is C9H3B2F10N2+. The first kappa shape index (κ1) is 17.5. The highest BCUT2D eigenvalue weighted by Crippen LogP contribution is 2.35. The second-order valence-electron chi connectivity index (χ2n) is 4.32. The normalized spacial score (nSPS) is 12.8. The van der Waals surface area contributed by atoms with Crippen LogP contribution in [0.15, 0.2) is 18.2 Å². The molecule has 0 aliphatic rings. The predicted octanol–water partition coefficient (Wildman–Crippen LogP) is 3.51. The summed E-state index contributed by atoms with van der Waals surface area (Å²) >= 11 is 0. The molecule has 0 spiro atoms. The Morgan fingerprint density at radius 3 is 1.83 bits per heavy atom. The van der Waals surface area contributed by atoms with Gasteiger partial charge in [0.15, 0.2) is 11.0 Å². The summed E-state index contributed by atoms with van der Waals surface area (Å²) in [7, 11) is -7.86. The molecule has 0 aliphatic carbocycles. The number of imidazole rings is 1. The number of halogens is 10. The molecule has 1 aromatic carbocycles. The van der Waals surface area contributed by atoms with E-state index in [1.807, 2.05) is 0 Å². The fourth-order valence-electron chi connectivity index (χ4n) is 2.11. The Labute approximate surface area is 121 Å². The van der Waals surface area contributed by atoms with E-state index in [0.717, 1.165) is 0 Å². The standard InChI is InChI=1S/C9H3B2F10N2/c12-8(13,14)4-1-2-5-6(3-4)23(11(20)21)7(9(15,16)17)22(5)10(18)19/h1-3H/q+1. The molecule has 0 atom stereocenters. The molecule has 2 nitrogen and oxygen atoms in total. The maximum absolute atomic E-state index is 12.9. The lowest BCUT2D eigenvalue weighted by molar-refractivity contribution is -0.556. The molecule has 0 amide bonds. The van der Waals surface area contributed by atoms with Crippen LogP contribution in [0.2, 0.25) is 0 Å². The second kappa shape index (κ2) is 5.34. The first-order valence-corrected chi connectivity index (χ1v) is 5.66. The Bertz CT molecular complexity index is 732. The van der Waals surface area contributed by atoms with Crippen molar-refractivity contribution in [2.75, 3.05) is 0 Å². The van der Waals surface area contributed by atoms with Crippen molar-refractivity contribution < 1.29 is 48.1 Å². The van der Waals surface area contributed by atoms with Gasteiger partial charge in [0.1, 0.15) is 0 Å². The topological polar surface area (TPSA) is 8.81 Å². The van der Waals surface area contributed by atoms with E-state index < -0.39 is 58.5 Å². The van der Waals surface area contributed by atoms with E-state index in [1.165, 1.54) is 0 Å². The number of hydrogen-bond acceptors (Lipinski definition) is 0. The van der Waals surface area contributed by atoms with Gasteiger partial charge in [-0.1, -0.05) is 0 Å². The third-order valence-electron chi connectivity index (χ3n) is 2.92. The summed E-state index contributed by atoms with van der Waals surface area (Å²) in [6, 6.07) is 0.491. The van der Waals surface area contributed by atoms with Crippen LogP contribution in [0.25, 0.3) is 11.0 Å². The molecule has 0 unspecified atom stereocenters. The van der Waals surface area contributed by atoms with Crippen molar-refractivity contribution in [3.05, 3.63) is 29.6 Å². The Kier molecular flexibility index (Phi) is 4.06. The largest absolute Gasteiger partial charge is 0.809 e. The summed E-state index contributed by atoms with van der Waals surface area (Å²) in [6.45, 7) is 0. The van der Waals surface area contributed by atoms with E-state index >= 15 is 0 Å². The Hall–Kier alpha value is -1.88. The summed E-state index contributed by atoms with van der Waals surface area (Å²) in [5, 5.41) is 0. The van der Waals surface area contributed by atoms with Crippen LogP contribution < -0.4 is 4.48 Å². The van der Waals surface area contributed by atoms with Crippen molar-refractivity contribution in [3.63, 3.8) is 0 Å². The van der Waals surface area contributed by atoms with Crippen LogP contribution in [0.3, 0.4) is 0 Å². The van der Waals surface area contributed by atoms with Crippen molar-refractivity contribution in [3.8, 4) is 0 Å². The first-order chi connectivity index (χ1) is 10.4. The van der Waals surface area contributed by atoms with Gasteiger partial charge < -0.3 is 0 Å². The number of alkyl halides is 6. The van der Waals surface area contributed by atoms with Crippen LogP contribution in [-0.2, 0) is 12.4 Å². The van der Waals surface area contributed by atoms with Gasteiger partial charge in [0.05, 0.1) is 5.56 Å². The van der Waals surface area contributed by atoms with Crippen molar-refractivity contribution in [2.24, 2.45) is 0 Å². The molecule has 0 aliphatic heterocycles. The van der Waals surface area contributed by atoms with Crippen molar-refractivity contribution in [1.82, 2.24) is 4.48 Å². The molecule has 0 fully saturated rings. The minimum absolute atomic E-state index is 0.0321. The molecule has 0 saturated carbocycles. The molecule has 14 heteroatoms. The van der Waals surface area contributed by atoms with Gasteiger partial charge >= 0.3 is 33.0 Å². The summed E-state index contributed by atoms with van der Waals surface area (Å²) in [5.41, 5.74) is -3.94. The molecule has 0 radical (unpaired) electrons. The lowest BCUT2D eigenvalue weighted by Crippen LogP contribution is -2.52. The second-order valence-corrected chi connectivity index (χ2v) is 4.32. The van der Waals surface area contributed by atoms with Crippen LogP contribution in [0.5, 0.6) is 0 Å². The van der Waals surface area contributed by atoms with Gasteiger partial charge in [-0.05, 0) is 18.2 Å². The molecule has 0 bridgehead atoms. The van der Waals surface area contributed by atoms with Gasteiger partial charge in [0.25, 0.3) is 0 Å². The molecule has 2 rings (SSSR count). The van der Waals surface area contributed by atoms with E-state index in [2.05, 4.69) is 0 Å². The number of aromatic nitrogens is 2. The van der Waals surface area contributed by atoms with E-state index in [0.29, 0.717) is 6.07 Å². The molecule has 2 aromatic rings. The van der Waals surface area contributed by atoms with Crippen LogP contribution in [0.1, 0.15) is 11.4 Å². The zero-order chi connectivity index (χ0) is 17.7. The smallest absolute Gasteiger partial charge is 0.240 e. The van der Waals surface area contributed by atoms with Crippen molar-refractivity contribution >= 4 is 25.8 Å². The Morgan fingerprint density at radius 2 is 1.43 bits per heavy atom. The third kappa shape index (κ3) is 2.98. The highest BCUT2D eigenvalue weighted by Gasteiger charge is 2.54.